The first-order chi connectivity index (χ1) is 9.50. The van der Waals surface area contributed by atoms with Gasteiger partial charge in [0.2, 0.25) is 0 Å². The summed E-state index contributed by atoms with van der Waals surface area (Å²) in [5.41, 5.74) is 5.13. The molecule has 0 spiro atoms. The van der Waals surface area contributed by atoms with Crippen molar-refractivity contribution in [2.75, 3.05) is 26.2 Å². The number of rotatable bonds is 7. The Labute approximate surface area is 116 Å². The fourth-order valence-corrected chi connectivity index (χ4v) is 1.35. The Morgan fingerprint density at radius 2 is 1.48 bits per heavy atom. The Hall–Kier alpha value is -1.52. The molecule has 0 saturated heterocycles. The zero-order chi connectivity index (χ0) is 16.7. The number of halogens is 6. The topological polar surface area (TPSA) is 75.4 Å². The van der Waals surface area contributed by atoms with Crippen LogP contribution in [0.15, 0.2) is 0 Å². The van der Waals surface area contributed by atoms with E-state index in [1.807, 2.05) is 0 Å². The molecule has 2 amide bonds. The van der Waals surface area contributed by atoms with E-state index in [0.29, 0.717) is 4.90 Å². The van der Waals surface area contributed by atoms with E-state index in [2.05, 4.69) is 0 Å². The van der Waals surface area contributed by atoms with Crippen LogP contribution < -0.4 is 11.1 Å². The van der Waals surface area contributed by atoms with Crippen molar-refractivity contribution < 1.29 is 35.9 Å². The molecule has 0 aliphatic carbocycles. The molecule has 5 nitrogen and oxygen atoms in total. The van der Waals surface area contributed by atoms with Crippen LogP contribution >= 0.6 is 0 Å². The molecule has 0 fully saturated rings. The summed E-state index contributed by atoms with van der Waals surface area (Å²) < 4.78 is 72.4. The SMILES string of the molecule is NCCCN(CCCNC(=O)C(F)(F)F)C(=O)C(F)(F)F. The normalized spacial score (nSPS) is 12.1. The number of nitrogens with two attached hydrogens (primary N) is 1. The molecule has 0 aliphatic rings. The zero-order valence-electron chi connectivity index (χ0n) is 10.9. The van der Waals surface area contributed by atoms with E-state index in [-0.39, 0.29) is 25.9 Å². The molecule has 0 aromatic rings. The lowest BCUT2D eigenvalue weighted by Gasteiger charge is -2.23. The first-order valence-corrected chi connectivity index (χ1v) is 5.91. The molecule has 0 aromatic carbocycles. The average molecular weight is 323 g/mol. The third kappa shape index (κ3) is 7.73. The highest BCUT2D eigenvalue weighted by molar-refractivity contribution is 5.82. The van der Waals surface area contributed by atoms with Crippen molar-refractivity contribution in [2.24, 2.45) is 5.73 Å². The van der Waals surface area contributed by atoms with E-state index in [1.165, 1.54) is 5.32 Å². The predicted octanol–water partition coefficient (Wildman–Crippen LogP) is 0.795. The van der Waals surface area contributed by atoms with Gasteiger partial charge >= 0.3 is 24.2 Å². The molecule has 3 N–H and O–H groups in total. The maximum atomic E-state index is 12.3. The van der Waals surface area contributed by atoms with Crippen LogP contribution in [0, 0.1) is 0 Å². The smallest absolute Gasteiger partial charge is 0.348 e. The summed E-state index contributed by atoms with van der Waals surface area (Å²) >= 11 is 0. The number of hydrogen-bond acceptors (Lipinski definition) is 3. The number of carbonyl (C=O) groups is 2. The van der Waals surface area contributed by atoms with Crippen molar-refractivity contribution in [3.8, 4) is 0 Å². The number of carbonyl (C=O) groups excluding carboxylic acids is 2. The van der Waals surface area contributed by atoms with Crippen molar-refractivity contribution in [1.82, 2.24) is 10.2 Å². The molecular formula is C10H15F6N3O2. The average Bonchev–Trinajstić information content (AvgIpc) is 2.34. The van der Waals surface area contributed by atoms with Gasteiger partial charge in [0.25, 0.3) is 0 Å². The molecular weight excluding hydrogens is 308 g/mol. The Morgan fingerprint density at radius 3 is 1.90 bits per heavy atom. The summed E-state index contributed by atoms with van der Waals surface area (Å²) in [6, 6.07) is 0. The van der Waals surface area contributed by atoms with Gasteiger partial charge in [-0.2, -0.15) is 26.3 Å². The standard InChI is InChI=1S/C10H15F6N3O2/c11-9(12,13)7(20)18-4-2-6-19(5-1-3-17)8(21)10(14,15)16/h1-6,17H2,(H,18,20). The molecule has 11 heteroatoms. The summed E-state index contributed by atoms with van der Waals surface area (Å²) in [6.45, 7) is -1.13. The highest BCUT2D eigenvalue weighted by atomic mass is 19.4. The molecule has 124 valence electrons. The second-order valence-corrected chi connectivity index (χ2v) is 4.04. The van der Waals surface area contributed by atoms with E-state index >= 15 is 0 Å². The molecule has 0 atom stereocenters. The van der Waals surface area contributed by atoms with Gasteiger partial charge in [-0.1, -0.05) is 0 Å². The van der Waals surface area contributed by atoms with Crippen LogP contribution in [0.4, 0.5) is 26.3 Å². The minimum Gasteiger partial charge on any atom is -0.348 e. The molecule has 0 saturated carbocycles. The first kappa shape index (κ1) is 19.5. The zero-order valence-corrected chi connectivity index (χ0v) is 10.9. The third-order valence-electron chi connectivity index (χ3n) is 2.31. The third-order valence-corrected chi connectivity index (χ3v) is 2.31. The van der Waals surface area contributed by atoms with Gasteiger partial charge in [0.05, 0.1) is 0 Å². The molecule has 0 aliphatic heterocycles. The predicted molar refractivity (Wildman–Crippen MR) is 60.0 cm³/mol. The van der Waals surface area contributed by atoms with Crippen LogP contribution in [-0.2, 0) is 9.59 Å². The molecule has 0 heterocycles. The van der Waals surface area contributed by atoms with Crippen molar-refractivity contribution in [3.05, 3.63) is 0 Å². The summed E-state index contributed by atoms with van der Waals surface area (Å²) in [5.74, 6) is -4.27. The van der Waals surface area contributed by atoms with E-state index in [9.17, 15) is 35.9 Å². The van der Waals surface area contributed by atoms with Gasteiger partial charge in [0.1, 0.15) is 0 Å². The summed E-state index contributed by atoms with van der Waals surface area (Å²) in [7, 11) is 0. The highest BCUT2D eigenvalue weighted by Gasteiger charge is 2.42. The van der Waals surface area contributed by atoms with Crippen molar-refractivity contribution >= 4 is 11.8 Å². The molecule has 0 radical (unpaired) electrons. The van der Waals surface area contributed by atoms with Gasteiger partial charge in [0.15, 0.2) is 0 Å². The van der Waals surface area contributed by atoms with E-state index in [4.69, 9.17) is 5.73 Å². The molecule has 0 aromatic heterocycles. The second-order valence-electron chi connectivity index (χ2n) is 4.04. The van der Waals surface area contributed by atoms with Crippen LogP contribution in [-0.4, -0.2) is 55.2 Å². The van der Waals surface area contributed by atoms with Gasteiger partial charge in [-0.3, -0.25) is 9.59 Å². The Kier molecular flexibility index (Phi) is 7.47. The Morgan fingerprint density at radius 1 is 0.952 bits per heavy atom. The fourth-order valence-electron chi connectivity index (χ4n) is 1.35. The Balaban J connectivity index is 4.32. The van der Waals surface area contributed by atoms with Gasteiger partial charge in [0, 0.05) is 19.6 Å². The minimum atomic E-state index is -5.07. The van der Waals surface area contributed by atoms with E-state index in [0.717, 1.165) is 0 Å². The van der Waals surface area contributed by atoms with E-state index in [1.54, 1.807) is 0 Å². The number of nitrogens with zero attached hydrogens (tertiary/aromatic N) is 1. The molecule has 0 unspecified atom stereocenters. The van der Waals surface area contributed by atoms with Crippen LogP contribution in [0.25, 0.3) is 0 Å². The maximum absolute atomic E-state index is 12.3. The summed E-state index contributed by atoms with van der Waals surface area (Å²) in [5, 5.41) is 1.50. The van der Waals surface area contributed by atoms with Crippen LogP contribution in [0.5, 0.6) is 0 Å². The van der Waals surface area contributed by atoms with Crippen molar-refractivity contribution in [2.45, 2.75) is 25.2 Å². The molecule has 0 rings (SSSR count). The fraction of sp³-hybridized carbons (Fsp3) is 0.800. The first-order valence-electron chi connectivity index (χ1n) is 5.91. The van der Waals surface area contributed by atoms with Gasteiger partial charge in [-0.15, -0.1) is 0 Å². The quantitative estimate of drug-likeness (QED) is 0.537. The number of amides is 2. The highest BCUT2D eigenvalue weighted by Crippen LogP contribution is 2.19. The Bertz CT molecular complexity index is 356. The van der Waals surface area contributed by atoms with Gasteiger partial charge in [-0.25, -0.2) is 0 Å². The summed E-state index contributed by atoms with van der Waals surface area (Å²) in [4.78, 5) is 22.0. The largest absolute Gasteiger partial charge is 0.471 e. The van der Waals surface area contributed by atoms with Crippen LogP contribution in [0.3, 0.4) is 0 Å². The lowest BCUT2D eigenvalue weighted by atomic mass is 10.3. The monoisotopic (exact) mass is 323 g/mol. The van der Waals surface area contributed by atoms with E-state index < -0.39 is 37.3 Å². The number of hydrogen-bond donors (Lipinski definition) is 2. The van der Waals surface area contributed by atoms with Crippen molar-refractivity contribution in [3.63, 3.8) is 0 Å². The molecule has 21 heavy (non-hydrogen) atoms. The van der Waals surface area contributed by atoms with Gasteiger partial charge < -0.3 is 16.0 Å². The number of alkyl halides is 6. The minimum absolute atomic E-state index is 0.0620. The molecule has 0 bridgehead atoms. The van der Waals surface area contributed by atoms with Crippen molar-refractivity contribution in [1.29, 1.82) is 0 Å². The summed E-state index contributed by atoms with van der Waals surface area (Å²) in [6.07, 6.45) is -10.2. The second kappa shape index (κ2) is 8.05. The lowest BCUT2D eigenvalue weighted by molar-refractivity contribution is -0.185. The van der Waals surface area contributed by atoms with Crippen LogP contribution in [0.2, 0.25) is 0 Å². The number of nitrogens with one attached hydrogen (secondary N) is 1. The maximum Gasteiger partial charge on any atom is 0.471 e. The van der Waals surface area contributed by atoms with Gasteiger partial charge in [-0.05, 0) is 19.4 Å². The van der Waals surface area contributed by atoms with Crippen LogP contribution in [0.1, 0.15) is 12.8 Å². The lowest BCUT2D eigenvalue weighted by Crippen LogP contribution is -2.44.